The summed E-state index contributed by atoms with van der Waals surface area (Å²) < 4.78 is 12.6. The molecule has 0 aromatic carbocycles. The molecular formula is C6H13ClFNO. The summed E-state index contributed by atoms with van der Waals surface area (Å²) in [5.74, 6) is -0.119. The molecule has 2 nitrogen and oxygen atoms in total. The molecule has 4 heteroatoms. The van der Waals surface area contributed by atoms with Gasteiger partial charge in [-0.15, -0.1) is 12.4 Å². The minimum absolute atomic E-state index is 0. The van der Waals surface area contributed by atoms with E-state index in [-0.39, 0.29) is 24.9 Å². The highest BCUT2D eigenvalue weighted by atomic mass is 35.5. The highest BCUT2D eigenvalue weighted by Gasteiger charge is 2.22. The molecule has 1 heterocycles. The molecular weight excluding hydrogens is 157 g/mol. The van der Waals surface area contributed by atoms with E-state index in [0.717, 1.165) is 13.0 Å². The second-order valence-corrected chi connectivity index (χ2v) is 2.45. The van der Waals surface area contributed by atoms with E-state index >= 15 is 0 Å². The van der Waals surface area contributed by atoms with E-state index < -0.39 is 6.17 Å². The van der Waals surface area contributed by atoms with Crippen LogP contribution in [0.5, 0.6) is 0 Å². The Bertz CT molecular complexity index is 93.8. The Hall–Kier alpha value is 0.140. The molecule has 2 atom stereocenters. The van der Waals surface area contributed by atoms with Crippen molar-refractivity contribution < 1.29 is 9.50 Å². The summed E-state index contributed by atoms with van der Waals surface area (Å²) in [5.41, 5.74) is 0. The van der Waals surface area contributed by atoms with E-state index in [4.69, 9.17) is 5.11 Å². The van der Waals surface area contributed by atoms with Crippen molar-refractivity contribution in [3.63, 3.8) is 0 Å². The third kappa shape index (κ3) is 2.40. The second kappa shape index (κ2) is 4.88. The van der Waals surface area contributed by atoms with Crippen molar-refractivity contribution in [2.24, 2.45) is 5.92 Å². The van der Waals surface area contributed by atoms with Crippen LogP contribution >= 0.6 is 12.4 Å². The van der Waals surface area contributed by atoms with E-state index in [1.165, 1.54) is 0 Å². The fourth-order valence-electron chi connectivity index (χ4n) is 1.08. The van der Waals surface area contributed by atoms with Crippen LogP contribution in [0.1, 0.15) is 6.42 Å². The molecule has 1 rings (SSSR count). The predicted octanol–water partition coefficient (Wildman–Crippen LogP) is 0.348. The first kappa shape index (κ1) is 10.1. The van der Waals surface area contributed by atoms with Crippen LogP contribution in [0.25, 0.3) is 0 Å². The molecule has 0 aliphatic carbocycles. The molecule has 0 spiro atoms. The minimum atomic E-state index is -0.844. The third-order valence-corrected chi connectivity index (χ3v) is 1.78. The number of aliphatic hydroxyl groups excluding tert-OH is 1. The monoisotopic (exact) mass is 169 g/mol. The van der Waals surface area contributed by atoms with Gasteiger partial charge in [-0.2, -0.15) is 0 Å². The summed E-state index contributed by atoms with van der Waals surface area (Å²) in [5, 5.41) is 11.5. The smallest absolute Gasteiger partial charge is 0.118 e. The number of piperidine rings is 1. The van der Waals surface area contributed by atoms with Crippen molar-refractivity contribution >= 4 is 12.4 Å². The Kier molecular flexibility index (Phi) is 4.95. The van der Waals surface area contributed by atoms with E-state index in [1.54, 1.807) is 0 Å². The van der Waals surface area contributed by atoms with E-state index in [2.05, 4.69) is 5.32 Å². The zero-order chi connectivity index (χ0) is 6.69. The highest BCUT2D eigenvalue weighted by Crippen LogP contribution is 2.13. The summed E-state index contributed by atoms with van der Waals surface area (Å²) in [6.07, 6.45) is -0.0822. The van der Waals surface area contributed by atoms with Crippen LogP contribution in [0.2, 0.25) is 0 Å². The van der Waals surface area contributed by atoms with E-state index in [9.17, 15) is 4.39 Å². The zero-order valence-electron chi connectivity index (χ0n) is 5.72. The van der Waals surface area contributed by atoms with Crippen LogP contribution < -0.4 is 5.32 Å². The molecule has 0 saturated carbocycles. The van der Waals surface area contributed by atoms with Gasteiger partial charge >= 0.3 is 0 Å². The number of halogens is 2. The number of nitrogens with one attached hydrogen (secondary N) is 1. The molecule has 0 unspecified atom stereocenters. The molecule has 0 bridgehead atoms. The number of hydrogen-bond donors (Lipinski definition) is 2. The Labute approximate surface area is 66.2 Å². The maximum atomic E-state index is 12.6. The summed E-state index contributed by atoms with van der Waals surface area (Å²) in [6, 6.07) is 0. The molecule has 0 amide bonds. The average molecular weight is 170 g/mol. The molecule has 62 valence electrons. The summed E-state index contributed by atoms with van der Waals surface area (Å²) in [7, 11) is 0. The van der Waals surface area contributed by atoms with Gasteiger partial charge < -0.3 is 10.4 Å². The third-order valence-electron chi connectivity index (χ3n) is 1.78. The van der Waals surface area contributed by atoms with Gasteiger partial charge in [0.15, 0.2) is 0 Å². The highest BCUT2D eigenvalue weighted by molar-refractivity contribution is 5.85. The van der Waals surface area contributed by atoms with Gasteiger partial charge in [0.25, 0.3) is 0 Å². The van der Waals surface area contributed by atoms with Gasteiger partial charge in [-0.25, -0.2) is 4.39 Å². The van der Waals surface area contributed by atoms with Crippen molar-refractivity contribution in [2.45, 2.75) is 12.6 Å². The van der Waals surface area contributed by atoms with Crippen LogP contribution in [0.4, 0.5) is 4.39 Å². The van der Waals surface area contributed by atoms with Gasteiger partial charge in [0, 0.05) is 19.1 Å². The topological polar surface area (TPSA) is 32.3 Å². The van der Waals surface area contributed by atoms with Crippen LogP contribution in [0.3, 0.4) is 0 Å². The Morgan fingerprint density at radius 1 is 1.60 bits per heavy atom. The molecule has 0 radical (unpaired) electrons. The predicted molar refractivity (Wildman–Crippen MR) is 40.2 cm³/mol. The molecule has 0 aromatic rings. The lowest BCUT2D eigenvalue weighted by molar-refractivity contribution is 0.111. The van der Waals surface area contributed by atoms with Crippen molar-refractivity contribution in [3.05, 3.63) is 0 Å². The molecule has 1 aliphatic rings. The van der Waals surface area contributed by atoms with Crippen molar-refractivity contribution in [1.29, 1.82) is 0 Å². The number of alkyl halides is 1. The first-order valence-corrected chi connectivity index (χ1v) is 3.30. The lowest BCUT2D eigenvalue weighted by Crippen LogP contribution is -2.39. The summed E-state index contributed by atoms with van der Waals surface area (Å²) in [4.78, 5) is 0. The van der Waals surface area contributed by atoms with Gasteiger partial charge in [0.1, 0.15) is 6.17 Å². The molecule has 1 saturated heterocycles. The van der Waals surface area contributed by atoms with Crippen LogP contribution in [0, 0.1) is 5.92 Å². The maximum Gasteiger partial charge on any atom is 0.118 e. The van der Waals surface area contributed by atoms with Gasteiger partial charge in [0.05, 0.1) is 0 Å². The minimum Gasteiger partial charge on any atom is -0.396 e. The summed E-state index contributed by atoms with van der Waals surface area (Å²) >= 11 is 0. The van der Waals surface area contributed by atoms with Gasteiger partial charge in [-0.1, -0.05) is 0 Å². The van der Waals surface area contributed by atoms with Gasteiger partial charge in [-0.3, -0.25) is 0 Å². The average Bonchev–Trinajstić information content (AvgIpc) is 1.89. The lowest BCUT2D eigenvalue weighted by atomic mass is 9.97. The Morgan fingerprint density at radius 3 is 2.70 bits per heavy atom. The van der Waals surface area contributed by atoms with E-state index in [0.29, 0.717) is 6.54 Å². The Balaban J connectivity index is 0.000000810. The largest absolute Gasteiger partial charge is 0.396 e. The molecule has 1 aliphatic heterocycles. The standard InChI is InChI=1S/C6H12FNO.ClH/c7-6-3-8-2-1-5(6)4-9;/h5-6,8-9H,1-4H2;1H/t5-,6+;/m0./s1. The van der Waals surface area contributed by atoms with Crippen LogP contribution in [0.15, 0.2) is 0 Å². The van der Waals surface area contributed by atoms with Gasteiger partial charge in [-0.05, 0) is 13.0 Å². The van der Waals surface area contributed by atoms with Crippen molar-refractivity contribution in [1.82, 2.24) is 5.32 Å². The summed E-state index contributed by atoms with van der Waals surface area (Å²) in [6.45, 7) is 1.24. The quantitative estimate of drug-likeness (QED) is 0.594. The number of rotatable bonds is 1. The normalized spacial score (nSPS) is 33.0. The Morgan fingerprint density at radius 2 is 2.30 bits per heavy atom. The van der Waals surface area contributed by atoms with Crippen molar-refractivity contribution in [3.8, 4) is 0 Å². The van der Waals surface area contributed by atoms with Crippen molar-refractivity contribution in [2.75, 3.05) is 19.7 Å². The first-order chi connectivity index (χ1) is 4.34. The van der Waals surface area contributed by atoms with Crippen LogP contribution in [-0.2, 0) is 0 Å². The SMILES string of the molecule is Cl.OC[C@@H]1CCNC[C@H]1F. The fraction of sp³-hybridized carbons (Fsp3) is 1.00. The molecule has 1 fully saturated rings. The van der Waals surface area contributed by atoms with E-state index in [1.807, 2.05) is 0 Å². The second-order valence-electron chi connectivity index (χ2n) is 2.45. The molecule has 2 N–H and O–H groups in total. The lowest BCUT2D eigenvalue weighted by Gasteiger charge is -2.24. The van der Waals surface area contributed by atoms with Gasteiger partial charge in [0.2, 0.25) is 0 Å². The molecule has 10 heavy (non-hydrogen) atoms. The zero-order valence-corrected chi connectivity index (χ0v) is 6.53. The van der Waals surface area contributed by atoms with Crippen LogP contribution in [-0.4, -0.2) is 31.0 Å². The maximum absolute atomic E-state index is 12.6. The number of aliphatic hydroxyl groups is 1. The number of hydrogen-bond acceptors (Lipinski definition) is 2. The molecule has 0 aromatic heterocycles. The first-order valence-electron chi connectivity index (χ1n) is 3.30. The fourth-order valence-corrected chi connectivity index (χ4v) is 1.08.